The standard InChI is InChI=1S/C27H28N3.C7H8O3S/c1-3-16-30-25-10-6-4-8-23(25)27(24-9-5-7-11-26(24)30)21-12-14-22(15-13-21)29-19-17-28(2)18-20-29;1-6-2-4-7(5-3-6)11(8,9)10/h3-15H,1,16-20H2,2H3;2-5H,1H3,(H,8,9,10)/q+1;/p-1. The Morgan fingerprint density at radius 1 is 0.805 bits per heavy atom. The maximum absolute atomic E-state index is 10.4. The van der Waals surface area contributed by atoms with Crippen LogP contribution >= 0.6 is 0 Å². The van der Waals surface area contributed by atoms with Gasteiger partial charge in [0.15, 0.2) is 6.54 Å². The van der Waals surface area contributed by atoms with E-state index in [-0.39, 0.29) is 4.90 Å². The fourth-order valence-electron chi connectivity index (χ4n) is 5.36. The van der Waals surface area contributed by atoms with Crippen LogP contribution in [-0.4, -0.2) is 51.1 Å². The summed E-state index contributed by atoms with van der Waals surface area (Å²) in [5.74, 6) is 0. The Morgan fingerprint density at radius 3 is 1.85 bits per heavy atom. The van der Waals surface area contributed by atoms with Crippen molar-refractivity contribution in [3.05, 3.63) is 115 Å². The number of benzene rings is 4. The molecule has 0 saturated carbocycles. The molecular formula is C34H35N3O3S. The molecule has 5 aromatic rings. The van der Waals surface area contributed by atoms with E-state index in [2.05, 4.69) is 101 Å². The van der Waals surface area contributed by atoms with Crippen molar-refractivity contribution in [2.75, 3.05) is 38.1 Å². The van der Waals surface area contributed by atoms with Crippen LogP contribution in [0.5, 0.6) is 0 Å². The molecule has 210 valence electrons. The van der Waals surface area contributed by atoms with Crippen molar-refractivity contribution in [2.45, 2.75) is 18.4 Å². The summed E-state index contributed by atoms with van der Waals surface area (Å²) in [6, 6.07) is 32.4. The zero-order valence-electron chi connectivity index (χ0n) is 23.5. The fraction of sp³-hybridized carbons (Fsp3) is 0.206. The van der Waals surface area contributed by atoms with E-state index in [0.29, 0.717) is 0 Å². The van der Waals surface area contributed by atoms with Gasteiger partial charge in [-0.25, -0.2) is 8.42 Å². The van der Waals surface area contributed by atoms with Crippen LogP contribution in [0.3, 0.4) is 0 Å². The fourth-order valence-corrected chi connectivity index (χ4v) is 5.83. The molecule has 0 amide bonds. The third-order valence-corrected chi connectivity index (χ3v) is 8.42. The molecule has 0 bridgehead atoms. The summed E-state index contributed by atoms with van der Waals surface area (Å²) in [7, 11) is -2.07. The molecule has 2 heterocycles. The molecule has 0 radical (unpaired) electrons. The number of nitrogens with zero attached hydrogens (tertiary/aromatic N) is 3. The smallest absolute Gasteiger partial charge is 0.213 e. The van der Waals surface area contributed by atoms with Gasteiger partial charge in [0, 0.05) is 49.6 Å². The lowest BCUT2D eigenvalue weighted by atomic mass is 9.95. The van der Waals surface area contributed by atoms with Crippen molar-refractivity contribution in [3.63, 3.8) is 0 Å². The maximum Gasteiger partial charge on any atom is 0.213 e. The number of fused-ring (bicyclic) bond motifs is 2. The van der Waals surface area contributed by atoms with E-state index in [1.807, 2.05) is 13.0 Å². The van der Waals surface area contributed by atoms with Crippen molar-refractivity contribution in [2.24, 2.45) is 0 Å². The molecule has 0 N–H and O–H groups in total. The Hall–Kier alpha value is -4.04. The zero-order chi connectivity index (χ0) is 29.0. The van der Waals surface area contributed by atoms with Crippen molar-refractivity contribution in [1.82, 2.24) is 4.90 Å². The summed E-state index contributed by atoms with van der Waals surface area (Å²) in [5.41, 5.74) is 7.32. The second-order valence-corrected chi connectivity index (χ2v) is 11.8. The van der Waals surface area contributed by atoms with E-state index in [1.165, 1.54) is 50.8 Å². The number of likely N-dealkylation sites (N-methyl/N-ethyl adjacent to an activating group) is 1. The van der Waals surface area contributed by atoms with Crippen LogP contribution in [0.15, 0.2) is 115 Å². The first-order valence-electron chi connectivity index (χ1n) is 13.8. The molecule has 1 aliphatic heterocycles. The van der Waals surface area contributed by atoms with E-state index in [4.69, 9.17) is 0 Å². The van der Waals surface area contributed by atoms with Crippen LogP contribution in [0.1, 0.15) is 5.56 Å². The lowest BCUT2D eigenvalue weighted by Crippen LogP contribution is -2.44. The molecular weight excluding hydrogens is 530 g/mol. The van der Waals surface area contributed by atoms with Gasteiger partial charge in [0.1, 0.15) is 10.1 Å². The van der Waals surface area contributed by atoms with E-state index >= 15 is 0 Å². The summed E-state index contributed by atoms with van der Waals surface area (Å²) in [6.07, 6.45) is 1.98. The van der Waals surface area contributed by atoms with Gasteiger partial charge < -0.3 is 14.4 Å². The number of aromatic nitrogens is 1. The van der Waals surface area contributed by atoms with Crippen LogP contribution in [0.4, 0.5) is 5.69 Å². The summed E-state index contributed by atoms with van der Waals surface area (Å²) in [6.45, 7) is 11.0. The third-order valence-electron chi connectivity index (χ3n) is 7.57. The largest absolute Gasteiger partial charge is 0.744 e. The van der Waals surface area contributed by atoms with Gasteiger partial charge in [0.05, 0.1) is 15.7 Å². The highest BCUT2D eigenvalue weighted by atomic mass is 32.2. The van der Waals surface area contributed by atoms with E-state index in [9.17, 15) is 13.0 Å². The molecule has 0 atom stereocenters. The molecule has 1 aliphatic rings. The predicted molar refractivity (Wildman–Crippen MR) is 166 cm³/mol. The van der Waals surface area contributed by atoms with Crippen molar-refractivity contribution < 1.29 is 17.5 Å². The second-order valence-electron chi connectivity index (χ2n) is 10.4. The first kappa shape index (κ1) is 28.5. The SMILES string of the molecule is C=CC[n+]1c2ccccc2c(-c2ccc(N3CCN(C)CC3)cc2)c2ccccc21.Cc1ccc(S(=O)(=O)[O-])cc1. The number of hydrogen-bond acceptors (Lipinski definition) is 5. The predicted octanol–water partition coefficient (Wildman–Crippen LogP) is 5.78. The van der Waals surface area contributed by atoms with Gasteiger partial charge in [-0.3, -0.25) is 0 Å². The van der Waals surface area contributed by atoms with Crippen molar-refractivity contribution in [1.29, 1.82) is 0 Å². The Labute approximate surface area is 242 Å². The average molecular weight is 566 g/mol. The van der Waals surface area contributed by atoms with Crippen molar-refractivity contribution >= 4 is 37.6 Å². The van der Waals surface area contributed by atoms with Gasteiger partial charge in [-0.2, -0.15) is 4.57 Å². The Morgan fingerprint density at radius 2 is 1.34 bits per heavy atom. The molecule has 7 heteroatoms. The minimum absolute atomic E-state index is 0.178. The summed E-state index contributed by atoms with van der Waals surface area (Å²) in [4.78, 5) is 4.71. The van der Waals surface area contributed by atoms with Gasteiger partial charge in [0.2, 0.25) is 11.0 Å². The summed E-state index contributed by atoms with van der Waals surface area (Å²) in [5, 5.41) is 2.57. The van der Waals surface area contributed by atoms with Crippen LogP contribution in [-0.2, 0) is 16.7 Å². The van der Waals surface area contributed by atoms with Crippen LogP contribution < -0.4 is 9.47 Å². The highest BCUT2D eigenvalue weighted by Crippen LogP contribution is 2.35. The summed E-state index contributed by atoms with van der Waals surface area (Å²) >= 11 is 0. The molecule has 4 aromatic carbocycles. The summed E-state index contributed by atoms with van der Waals surface area (Å²) < 4.78 is 33.5. The first-order chi connectivity index (χ1) is 19.8. The lowest BCUT2D eigenvalue weighted by molar-refractivity contribution is -0.634. The maximum atomic E-state index is 10.4. The van der Waals surface area contributed by atoms with Gasteiger partial charge in [-0.05, 0) is 62.0 Å². The van der Waals surface area contributed by atoms with Crippen LogP contribution in [0.2, 0.25) is 0 Å². The highest BCUT2D eigenvalue weighted by molar-refractivity contribution is 7.85. The first-order valence-corrected chi connectivity index (χ1v) is 15.2. The minimum Gasteiger partial charge on any atom is -0.744 e. The van der Waals surface area contributed by atoms with E-state index in [1.54, 1.807) is 12.1 Å². The minimum atomic E-state index is -4.27. The number of para-hydroxylation sites is 2. The number of allylic oxidation sites excluding steroid dienone is 1. The quantitative estimate of drug-likeness (QED) is 0.117. The Bertz CT molecular complexity index is 1720. The number of piperazine rings is 1. The van der Waals surface area contributed by atoms with E-state index in [0.717, 1.165) is 38.3 Å². The van der Waals surface area contributed by atoms with Crippen LogP contribution in [0.25, 0.3) is 32.9 Å². The van der Waals surface area contributed by atoms with Crippen LogP contribution in [0, 0.1) is 6.92 Å². The van der Waals surface area contributed by atoms with Crippen molar-refractivity contribution in [3.8, 4) is 11.1 Å². The van der Waals surface area contributed by atoms with Gasteiger partial charge in [-0.1, -0.05) is 60.7 Å². The average Bonchev–Trinajstić information content (AvgIpc) is 2.98. The van der Waals surface area contributed by atoms with E-state index < -0.39 is 10.1 Å². The number of rotatable bonds is 5. The van der Waals surface area contributed by atoms with Gasteiger partial charge in [-0.15, -0.1) is 0 Å². The molecule has 41 heavy (non-hydrogen) atoms. The number of aryl methyl sites for hydroxylation is 1. The molecule has 1 fully saturated rings. The second kappa shape index (κ2) is 12.2. The van der Waals surface area contributed by atoms with Gasteiger partial charge >= 0.3 is 0 Å². The molecule has 1 aromatic heterocycles. The highest BCUT2D eigenvalue weighted by Gasteiger charge is 2.20. The lowest BCUT2D eigenvalue weighted by Gasteiger charge is -2.34. The number of pyridine rings is 1. The Balaban J connectivity index is 0.000000259. The number of hydrogen-bond donors (Lipinski definition) is 0. The molecule has 6 rings (SSSR count). The number of anilines is 1. The normalized spacial score (nSPS) is 14.1. The molecule has 0 spiro atoms. The third kappa shape index (κ3) is 6.33. The zero-order valence-corrected chi connectivity index (χ0v) is 24.3. The molecule has 6 nitrogen and oxygen atoms in total. The Kier molecular flexibility index (Phi) is 8.49. The topological polar surface area (TPSA) is 67.6 Å². The monoisotopic (exact) mass is 565 g/mol. The molecule has 0 unspecified atom stereocenters. The molecule has 0 aliphatic carbocycles. The molecule has 1 saturated heterocycles. The van der Waals surface area contributed by atoms with Gasteiger partial charge in [0.25, 0.3) is 0 Å².